The Labute approximate surface area is 141 Å². The Morgan fingerprint density at radius 2 is 2.21 bits per heavy atom. The highest BCUT2D eigenvalue weighted by atomic mass is 16.3. The first-order valence-corrected chi connectivity index (χ1v) is 8.53. The number of furan rings is 1. The van der Waals surface area contributed by atoms with Gasteiger partial charge in [-0.15, -0.1) is 0 Å². The number of rotatable bonds is 4. The van der Waals surface area contributed by atoms with Gasteiger partial charge in [0.05, 0.1) is 0 Å². The van der Waals surface area contributed by atoms with E-state index >= 15 is 0 Å². The zero-order chi connectivity index (χ0) is 17.1. The SMILES string of the molecule is CCNC(=O)CC1CCCCN1C(=O)c1cc2nc(C)ccc2o1. The summed E-state index contributed by atoms with van der Waals surface area (Å²) in [7, 11) is 0. The van der Waals surface area contributed by atoms with Crippen LogP contribution in [0.3, 0.4) is 0 Å². The summed E-state index contributed by atoms with van der Waals surface area (Å²) in [5, 5.41) is 2.81. The summed E-state index contributed by atoms with van der Waals surface area (Å²) in [6.07, 6.45) is 3.18. The van der Waals surface area contributed by atoms with Crippen LogP contribution in [0.15, 0.2) is 22.6 Å². The Kier molecular flexibility index (Phi) is 4.83. The van der Waals surface area contributed by atoms with Gasteiger partial charge in [0, 0.05) is 37.3 Å². The van der Waals surface area contributed by atoms with Crippen LogP contribution in [0.2, 0.25) is 0 Å². The number of piperidine rings is 1. The van der Waals surface area contributed by atoms with Crippen LogP contribution >= 0.6 is 0 Å². The number of nitrogens with zero attached hydrogens (tertiary/aromatic N) is 2. The van der Waals surface area contributed by atoms with Crippen LogP contribution in [0.25, 0.3) is 11.1 Å². The van der Waals surface area contributed by atoms with Crippen molar-refractivity contribution in [2.75, 3.05) is 13.1 Å². The van der Waals surface area contributed by atoms with Crippen LogP contribution < -0.4 is 5.32 Å². The smallest absolute Gasteiger partial charge is 0.289 e. The van der Waals surface area contributed by atoms with Gasteiger partial charge in [-0.2, -0.15) is 0 Å². The molecule has 0 bridgehead atoms. The lowest BCUT2D eigenvalue weighted by Crippen LogP contribution is -2.46. The minimum atomic E-state index is -0.153. The lowest BCUT2D eigenvalue weighted by molar-refractivity contribution is -0.122. The van der Waals surface area contributed by atoms with Crippen molar-refractivity contribution in [2.45, 2.75) is 45.6 Å². The van der Waals surface area contributed by atoms with Gasteiger partial charge in [0.2, 0.25) is 5.91 Å². The van der Waals surface area contributed by atoms with Gasteiger partial charge in [0.1, 0.15) is 5.52 Å². The number of pyridine rings is 1. The molecule has 1 atom stereocenters. The van der Waals surface area contributed by atoms with Crippen LogP contribution in [-0.2, 0) is 4.79 Å². The normalized spacial score (nSPS) is 17.9. The Hall–Kier alpha value is -2.37. The van der Waals surface area contributed by atoms with Crippen LogP contribution in [-0.4, -0.2) is 40.8 Å². The molecule has 2 aromatic heterocycles. The molecule has 1 aliphatic rings. The fourth-order valence-corrected chi connectivity index (χ4v) is 3.24. The predicted octanol–water partition coefficient (Wildman–Crippen LogP) is 2.66. The third kappa shape index (κ3) is 3.42. The molecule has 0 radical (unpaired) electrons. The van der Waals surface area contributed by atoms with Gasteiger partial charge >= 0.3 is 0 Å². The molecule has 1 N–H and O–H groups in total. The first kappa shape index (κ1) is 16.5. The minimum Gasteiger partial charge on any atom is -0.449 e. The van der Waals surface area contributed by atoms with E-state index in [-0.39, 0.29) is 17.9 Å². The highest BCUT2D eigenvalue weighted by Crippen LogP contribution is 2.25. The lowest BCUT2D eigenvalue weighted by Gasteiger charge is -2.34. The molecule has 24 heavy (non-hydrogen) atoms. The Balaban J connectivity index is 1.80. The molecule has 0 aromatic carbocycles. The van der Waals surface area contributed by atoms with Crippen molar-refractivity contribution in [3.05, 3.63) is 29.7 Å². The van der Waals surface area contributed by atoms with E-state index in [1.165, 1.54) is 0 Å². The molecule has 1 fully saturated rings. The molecule has 128 valence electrons. The van der Waals surface area contributed by atoms with Crippen LogP contribution in [0.4, 0.5) is 0 Å². The standard InChI is InChI=1S/C18H23N3O3/c1-3-19-17(22)10-13-6-4-5-9-21(13)18(23)16-11-14-15(24-16)8-7-12(2)20-14/h7-8,11,13H,3-6,9-10H2,1-2H3,(H,19,22). The third-order valence-corrected chi connectivity index (χ3v) is 4.41. The van der Waals surface area contributed by atoms with Gasteiger partial charge in [-0.05, 0) is 45.2 Å². The molecule has 2 aromatic rings. The van der Waals surface area contributed by atoms with E-state index in [1.54, 1.807) is 11.0 Å². The van der Waals surface area contributed by atoms with Crippen LogP contribution in [0, 0.1) is 6.92 Å². The topological polar surface area (TPSA) is 75.4 Å². The minimum absolute atomic E-state index is 0.0101. The maximum Gasteiger partial charge on any atom is 0.289 e. The molecule has 0 saturated carbocycles. The zero-order valence-electron chi connectivity index (χ0n) is 14.2. The third-order valence-electron chi connectivity index (χ3n) is 4.41. The quantitative estimate of drug-likeness (QED) is 0.935. The highest BCUT2D eigenvalue weighted by molar-refractivity contribution is 5.95. The summed E-state index contributed by atoms with van der Waals surface area (Å²) in [5.41, 5.74) is 2.19. The van der Waals surface area contributed by atoms with Gasteiger partial charge in [0.25, 0.3) is 5.91 Å². The molecule has 0 spiro atoms. The second kappa shape index (κ2) is 7.03. The summed E-state index contributed by atoms with van der Waals surface area (Å²) in [4.78, 5) is 31.0. The van der Waals surface area contributed by atoms with Crippen molar-refractivity contribution in [3.63, 3.8) is 0 Å². The van der Waals surface area contributed by atoms with Crippen molar-refractivity contribution in [1.29, 1.82) is 0 Å². The van der Waals surface area contributed by atoms with E-state index in [2.05, 4.69) is 10.3 Å². The summed E-state index contributed by atoms with van der Waals surface area (Å²) in [5.74, 6) is 0.134. The second-order valence-corrected chi connectivity index (χ2v) is 6.25. The number of aromatic nitrogens is 1. The summed E-state index contributed by atoms with van der Waals surface area (Å²) < 4.78 is 5.68. The lowest BCUT2D eigenvalue weighted by atomic mass is 9.98. The molecule has 1 aliphatic heterocycles. The van der Waals surface area contributed by atoms with Crippen molar-refractivity contribution < 1.29 is 14.0 Å². The average Bonchev–Trinajstić information content (AvgIpc) is 2.98. The number of carbonyl (C=O) groups excluding carboxylic acids is 2. The van der Waals surface area contributed by atoms with Crippen LogP contribution in [0.5, 0.6) is 0 Å². The van der Waals surface area contributed by atoms with Gasteiger partial charge < -0.3 is 14.6 Å². The van der Waals surface area contributed by atoms with Crippen molar-refractivity contribution in [1.82, 2.24) is 15.2 Å². The Morgan fingerprint density at radius 1 is 1.38 bits per heavy atom. The zero-order valence-corrected chi connectivity index (χ0v) is 14.2. The number of hydrogen-bond donors (Lipinski definition) is 1. The number of likely N-dealkylation sites (tertiary alicyclic amines) is 1. The van der Waals surface area contributed by atoms with Crippen LogP contribution in [0.1, 0.15) is 48.9 Å². The van der Waals surface area contributed by atoms with Crippen molar-refractivity contribution >= 4 is 22.9 Å². The van der Waals surface area contributed by atoms with Gasteiger partial charge in [0.15, 0.2) is 11.3 Å². The van der Waals surface area contributed by atoms with E-state index in [0.29, 0.717) is 36.4 Å². The molecular formula is C18H23N3O3. The summed E-state index contributed by atoms with van der Waals surface area (Å²) in [6.45, 7) is 5.06. The highest BCUT2D eigenvalue weighted by Gasteiger charge is 2.30. The largest absolute Gasteiger partial charge is 0.449 e. The fraction of sp³-hybridized carbons (Fsp3) is 0.500. The first-order chi connectivity index (χ1) is 11.6. The number of fused-ring (bicyclic) bond motifs is 1. The Morgan fingerprint density at radius 3 is 3.00 bits per heavy atom. The molecule has 0 aliphatic carbocycles. The molecule has 1 unspecified atom stereocenters. The van der Waals surface area contributed by atoms with Crippen molar-refractivity contribution in [2.24, 2.45) is 0 Å². The number of nitrogens with one attached hydrogen (secondary N) is 1. The van der Waals surface area contributed by atoms with Gasteiger partial charge in [-0.1, -0.05) is 0 Å². The summed E-state index contributed by atoms with van der Waals surface area (Å²) >= 11 is 0. The monoisotopic (exact) mass is 329 g/mol. The van der Waals surface area contributed by atoms with E-state index < -0.39 is 0 Å². The van der Waals surface area contributed by atoms with E-state index in [4.69, 9.17) is 4.42 Å². The molecule has 3 heterocycles. The molecule has 3 rings (SSSR count). The van der Waals surface area contributed by atoms with Gasteiger partial charge in [-0.25, -0.2) is 4.98 Å². The molecule has 6 nitrogen and oxygen atoms in total. The maximum absolute atomic E-state index is 12.9. The van der Waals surface area contributed by atoms with E-state index in [9.17, 15) is 9.59 Å². The molecule has 6 heteroatoms. The average molecular weight is 329 g/mol. The number of amides is 2. The number of hydrogen-bond acceptors (Lipinski definition) is 4. The van der Waals surface area contributed by atoms with E-state index in [0.717, 1.165) is 25.0 Å². The predicted molar refractivity (Wildman–Crippen MR) is 90.7 cm³/mol. The molecule has 2 amide bonds. The number of aryl methyl sites for hydroxylation is 1. The van der Waals surface area contributed by atoms with Crippen molar-refractivity contribution in [3.8, 4) is 0 Å². The Bertz CT molecular complexity index is 753. The first-order valence-electron chi connectivity index (χ1n) is 8.53. The van der Waals surface area contributed by atoms with Gasteiger partial charge in [-0.3, -0.25) is 9.59 Å². The molecular weight excluding hydrogens is 306 g/mol. The van der Waals surface area contributed by atoms with E-state index in [1.807, 2.05) is 26.0 Å². The second-order valence-electron chi connectivity index (χ2n) is 6.25. The number of carbonyl (C=O) groups is 2. The summed E-state index contributed by atoms with van der Waals surface area (Å²) in [6, 6.07) is 5.32. The maximum atomic E-state index is 12.9. The molecule has 1 saturated heterocycles. The fourth-order valence-electron chi connectivity index (χ4n) is 3.24.